The van der Waals surface area contributed by atoms with Gasteiger partial charge in [-0.15, -0.1) is 0 Å². The molecule has 0 unspecified atom stereocenters. The molecule has 0 aliphatic carbocycles. The Balaban J connectivity index is 2.27. The SMILES string of the molecule is CC(C)(C)OC(=O)N[C@@H](Cc1ccc(N(I)I)cc1)C(=O)C1C(=O)OC(C)(C)OC1=O. The molecule has 1 atom stereocenters. The number of Topliss-reactive ketones (excluding diaryl/α,β-unsaturated/α-hetero) is 1. The summed E-state index contributed by atoms with van der Waals surface area (Å²) in [6, 6.07) is 6.06. The van der Waals surface area contributed by atoms with Gasteiger partial charge >= 0.3 is 18.0 Å². The van der Waals surface area contributed by atoms with Gasteiger partial charge in [-0.1, -0.05) is 12.1 Å². The quantitative estimate of drug-likeness (QED) is 0.214. The van der Waals surface area contributed by atoms with Gasteiger partial charge < -0.3 is 19.5 Å². The summed E-state index contributed by atoms with van der Waals surface area (Å²) in [5.41, 5.74) is 0.844. The molecule has 0 bridgehead atoms. The first-order chi connectivity index (χ1) is 14.2. The average molecular weight is 658 g/mol. The zero-order valence-electron chi connectivity index (χ0n) is 17.7. The van der Waals surface area contributed by atoms with E-state index in [1.165, 1.54) is 13.8 Å². The van der Waals surface area contributed by atoms with Gasteiger partial charge in [0.1, 0.15) is 5.60 Å². The molecule has 1 N–H and O–H groups in total. The molecular formula is C20H24I2N2O7. The normalized spacial score (nSPS) is 17.3. The lowest BCUT2D eigenvalue weighted by Gasteiger charge is -2.33. The number of anilines is 1. The number of halogens is 2. The van der Waals surface area contributed by atoms with Crippen LogP contribution in [-0.4, -0.2) is 41.2 Å². The highest BCUT2D eigenvalue weighted by Crippen LogP contribution is 2.26. The van der Waals surface area contributed by atoms with Crippen molar-refractivity contribution >= 4 is 75.2 Å². The minimum Gasteiger partial charge on any atom is -0.444 e. The van der Waals surface area contributed by atoms with E-state index in [1.54, 1.807) is 32.9 Å². The van der Waals surface area contributed by atoms with Crippen molar-refractivity contribution in [1.29, 1.82) is 0 Å². The van der Waals surface area contributed by atoms with E-state index < -0.39 is 47.2 Å². The van der Waals surface area contributed by atoms with E-state index in [-0.39, 0.29) is 6.42 Å². The lowest BCUT2D eigenvalue weighted by Crippen LogP contribution is -2.55. The number of ether oxygens (including phenoxy) is 3. The molecule has 1 fully saturated rings. The van der Waals surface area contributed by atoms with Gasteiger partial charge in [-0.25, -0.2) is 4.79 Å². The number of benzene rings is 1. The van der Waals surface area contributed by atoms with E-state index >= 15 is 0 Å². The Labute approximate surface area is 208 Å². The zero-order valence-corrected chi connectivity index (χ0v) is 22.0. The van der Waals surface area contributed by atoms with Crippen molar-refractivity contribution in [2.75, 3.05) is 1.33 Å². The largest absolute Gasteiger partial charge is 0.444 e. The van der Waals surface area contributed by atoms with Gasteiger partial charge in [-0.3, -0.25) is 15.7 Å². The fourth-order valence-electron chi connectivity index (χ4n) is 2.81. The smallest absolute Gasteiger partial charge is 0.408 e. The third-order valence-electron chi connectivity index (χ3n) is 4.05. The van der Waals surface area contributed by atoms with Gasteiger partial charge in [0.25, 0.3) is 5.79 Å². The predicted molar refractivity (Wildman–Crippen MR) is 129 cm³/mol. The summed E-state index contributed by atoms with van der Waals surface area (Å²) < 4.78 is 17.2. The van der Waals surface area contributed by atoms with Crippen molar-refractivity contribution < 1.29 is 33.4 Å². The van der Waals surface area contributed by atoms with Crippen LogP contribution in [0.3, 0.4) is 0 Å². The van der Waals surface area contributed by atoms with E-state index in [4.69, 9.17) is 14.2 Å². The predicted octanol–water partition coefficient (Wildman–Crippen LogP) is 3.65. The number of hydrogen-bond donors (Lipinski definition) is 1. The molecule has 9 nitrogen and oxygen atoms in total. The number of nitrogens with zero attached hydrogens (tertiary/aromatic N) is 1. The molecule has 1 heterocycles. The van der Waals surface area contributed by atoms with Gasteiger partial charge in [-0.2, -0.15) is 0 Å². The maximum Gasteiger partial charge on any atom is 0.408 e. The fourth-order valence-corrected chi connectivity index (χ4v) is 3.45. The van der Waals surface area contributed by atoms with Gasteiger partial charge in [0.15, 0.2) is 5.78 Å². The summed E-state index contributed by atoms with van der Waals surface area (Å²) in [6.45, 7) is 7.83. The van der Waals surface area contributed by atoms with E-state index in [0.717, 1.165) is 5.69 Å². The molecule has 170 valence electrons. The third kappa shape index (κ3) is 7.47. The van der Waals surface area contributed by atoms with Crippen LogP contribution in [0.25, 0.3) is 0 Å². The topological polar surface area (TPSA) is 111 Å². The van der Waals surface area contributed by atoms with Gasteiger partial charge in [0.05, 0.1) is 57.5 Å². The highest BCUT2D eigenvalue weighted by atomic mass is 127. The Morgan fingerprint density at radius 1 is 1.13 bits per heavy atom. The minimum absolute atomic E-state index is 0.0430. The van der Waals surface area contributed by atoms with Crippen LogP contribution in [0.1, 0.15) is 40.2 Å². The summed E-state index contributed by atoms with van der Waals surface area (Å²) in [4.78, 5) is 50.2. The average Bonchev–Trinajstić information content (AvgIpc) is 2.58. The Hall–Kier alpha value is -1.64. The molecule has 2 rings (SSSR count). The molecule has 1 aliphatic rings. The van der Waals surface area contributed by atoms with Crippen molar-refractivity contribution in [3.63, 3.8) is 0 Å². The van der Waals surface area contributed by atoms with Crippen molar-refractivity contribution in [1.82, 2.24) is 5.32 Å². The van der Waals surface area contributed by atoms with Crippen LogP contribution in [0, 0.1) is 5.92 Å². The number of nitrogens with one attached hydrogen (secondary N) is 1. The van der Waals surface area contributed by atoms with Crippen LogP contribution in [0.15, 0.2) is 24.3 Å². The summed E-state index contributed by atoms with van der Waals surface area (Å²) in [6.07, 6.45) is -0.799. The molecule has 0 spiro atoms. The van der Waals surface area contributed by atoms with E-state index in [9.17, 15) is 19.2 Å². The highest BCUT2D eigenvalue weighted by Gasteiger charge is 2.49. The standard InChI is InChI=1S/C20H24I2N2O7/c1-19(2,3)31-18(28)23-13(10-11-6-8-12(9-7-11)24(21)22)15(25)14-16(26)29-20(4,5)30-17(14)27/h6-9,13-14H,10H2,1-5H3,(H,23,28)/t13-/m0/s1. The molecule has 1 aromatic carbocycles. The van der Waals surface area contributed by atoms with Crippen molar-refractivity contribution in [2.45, 2.75) is 58.5 Å². The maximum atomic E-state index is 13.1. The van der Waals surface area contributed by atoms with Crippen LogP contribution in [0.2, 0.25) is 0 Å². The Morgan fingerprint density at radius 3 is 2.10 bits per heavy atom. The van der Waals surface area contributed by atoms with E-state index in [2.05, 4.69) is 51.0 Å². The molecule has 0 radical (unpaired) electrons. The first-order valence-corrected chi connectivity index (χ1v) is 11.3. The molecule has 0 aromatic heterocycles. The number of cyclic esters (lactones) is 2. The van der Waals surface area contributed by atoms with Gasteiger partial charge in [0.2, 0.25) is 5.92 Å². The number of esters is 2. The number of alkyl carbamates (subject to hydrolysis) is 1. The summed E-state index contributed by atoms with van der Waals surface area (Å²) >= 11 is 4.22. The number of carbonyl (C=O) groups is 4. The van der Waals surface area contributed by atoms with Gasteiger partial charge in [0, 0.05) is 13.8 Å². The fraction of sp³-hybridized carbons (Fsp3) is 0.500. The molecule has 1 saturated heterocycles. The van der Waals surface area contributed by atoms with Crippen molar-refractivity contribution in [2.24, 2.45) is 5.92 Å². The molecule has 1 aromatic rings. The van der Waals surface area contributed by atoms with Crippen LogP contribution in [0.4, 0.5) is 10.5 Å². The van der Waals surface area contributed by atoms with Crippen LogP contribution in [-0.2, 0) is 35.0 Å². The molecule has 31 heavy (non-hydrogen) atoms. The molecule has 0 saturated carbocycles. The van der Waals surface area contributed by atoms with Crippen LogP contribution >= 0.6 is 45.7 Å². The zero-order chi connectivity index (χ0) is 23.6. The van der Waals surface area contributed by atoms with Crippen molar-refractivity contribution in [3.05, 3.63) is 29.8 Å². The number of rotatable bonds is 6. The molecule has 1 amide bonds. The number of hydrogen-bond acceptors (Lipinski definition) is 8. The van der Waals surface area contributed by atoms with Crippen molar-refractivity contribution in [3.8, 4) is 0 Å². The second-order valence-electron chi connectivity index (χ2n) is 8.38. The summed E-state index contributed by atoms with van der Waals surface area (Å²) in [7, 11) is 0. The molecular weight excluding hydrogens is 634 g/mol. The monoisotopic (exact) mass is 658 g/mol. The number of carbonyl (C=O) groups excluding carboxylic acids is 4. The lowest BCUT2D eigenvalue weighted by molar-refractivity contribution is -0.238. The summed E-state index contributed by atoms with van der Waals surface area (Å²) in [5.74, 6) is -6.10. The van der Waals surface area contributed by atoms with E-state index in [0.29, 0.717) is 5.56 Å². The molecule has 11 heteroatoms. The van der Waals surface area contributed by atoms with Crippen LogP contribution < -0.4 is 6.64 Å². The summed E-state index contributed by atoms with van der Waals surface area (Å²) in [5, 5.41) is 2.48. The minimum atomic E-state index is -1.79. The first-order valence-electron chi connectivity index (χ1n) is 9.38. The Kier molecular flexibility index (Phi) is 8.16. The number of amides is 1. The number of ketones is 1. The first kappa shape index (κ1) is 25.6. The highest BCUT2D eigenvalue weighted by molar-refractivity contribution is 14.2. The van der Waals surface area contributed by atoms with Crippen LogP contribution in [0.5, 0.6) is 0 Å². The Morgan fingerprint density at radius 2 is 1.65 bits per heavy atom. The van der Waals surface area contributed by atoms with Gasteiger partial charge in [-0.05, 0) is 44.9 Å². The second-order valence-corrected chi connectivity index (χ2v) is 12.2. The van der Waals surface area contributed by atoms with E-state index in [1.807, 2.05) is 13.5 Å². The Bertz CT molecular complexity index is 843. The third-order valence-corrected chi connectivity index (χ3v) is 5.17. The molecule has 1 aliphatic heterocycles. The second kappa shape index (κ2) is 9.88. The maximum absolute atomic E-state index is 13.1. The lowest BCUT2D eigenvalue weighted by atomic mass is 9.92.